The number of hydrogen-bond donors (Lipinski definition) is 1. The van der Waals surface area contributed by atoms with Crippen molar-refractivity contribution >= 4 is 5.97 Å². The van der Waals surface area contributed by atoms with E-state index in [4.69, 9.17) is 5.11 Å². The van der Waals surface area contributed by atoms with E-state index < -0.39 is 37.2 Å². The lowest BCUT2D eigenvalue weighted by Gasteiger charge is -2.26. The quantitative estimate of drug-likeness (QED) is 0.471. The first kappa shape index (κ1) is 15.9. The van der Waals surface area contributed by atoms with Crippen LogP contribution in [-0.2, 0) is 9.53 Å². The molecule has 0 atom stereocenters. The molecule has 0 aromatic carbocycles. The van der Waals surface area contributed by atoms with E-state index >= 15 is 0 Å². The topological polar surface area (TPSA) is 46.5 Å². The van der Waals surface area contributed by atoms with Crippen LogP contribution >= 0.6 is 0 Å². The number of aliphatic hydroxyl groups is 1. The third-order valence-corrected chi connectivity index (χ3v) is 1.54. The lowest BCUT2D eigenvalue weighted by atomic mass is 10.1. The average molecular weight is 272 g/mol. The van der Waals surface area contributed by atoms with Crippen molar-refractivity contribution in [3.05, 3.63) is 0 Å². The van der Waals surface area contributed by atoms with Gasteiger partial charge in [-0.3, -0.25) is 0 Å². The first-order valence-corrected chi connectivity index (χ1v) is 4.09. The van der Waals surface area contributed by atoms with Gasteiger partial charge < -0.3 is 9.84 Å². The van der Waals surface area contributed by atoms with Crippen molar-refractivity contribution in [2.24, 2.45) is 0 Å². The van der Waals surface area contributed by atoms with E-state index in [0.29, 0.717) is 0 Å². The van der Waals surface area contributed by atoms with E-state index in [1.165, 1.54) is 0 Å². The fourth-order valence-electron chi connectivity index (χ4n) is 0.626. The summed E-state index contributed by atoms with van der Waals surface area (Å²) in [4.78, 5) is 10.4. The molecule has 0 aromatic heterocycles. The zero-order valence-corrected chi connectivity index (χ0v) is 8.03. The Kier molecular flexibility index (Phi) is 4.75. The molecular formula is C7H7F7O3. The second kappa shape index (κ2) is 5.07. The number of esters is 1. The van der Waals surface area contributed by atoms with Crippen molar-refractivity contribution in [2.45, 2.75) is 24.4 Å². The number of alkyl halides is 7. The van der Waals surface area contributed by atoms with Gasteiger partial charge in [-0.15, -0.1) is 0 Å². The Hall–Kier alpha value is -1.06. The molecule has 0 aliphatic heterocycles. The zero-order chi connectivity index (χ0) is 13.9. The van der Waals surface area contributed by atoms with Crippen molar-refractivity contribution in [3.8, 4) is 0 Å². The predicted molar refractivity (Wildman–Crippen MR) is 38.6 cm³/mol. The standard InChI is InChI=1S/C7H7F7O3/c8-5(9,4(16)17-3-1-2-15)6(10,11)7(12,13)14/h15H,1-3H2. The summed E-state index contributed by atoms with van der Waals surface area (Å²) in [6, 6.07) is 0. The highest BCUT2D eigenvalue weighted by molar-refractivity contribution is 5.79. The summed E-state index contributed by atoms with van der Waals surface area (Å²) < 4.78 is 87.8. The minimum atomic E-state index is -6.58. The van der Waals surface area contributed by atoms with Crippen LogP contribution in [0.15, 0.2) is 0 Å². The Labute approximate surface area is 90.2 Å². The number of rotatable bonds is 5. The minimum Gasteiger partial charge on any atom is -0.461 e. The third-order valence-electron chi connectivity index (χ3n) is 1.54. The zero-order valence-electron chi connectivity index (χ0n) is 8.03. The van der Waals surface area contributed by atoms with Gasteiger partial charge in [0.25, 0.3) is 0 Å². The molecule has 102 valence electrons. The van der Waals surface area contributed by atoms with Gasteiger partial charge in [-0.1, -0.05) is 0 Å². The highest BCUT2D eigenvalue weighted by atomic mass is 19.4. The highest BCUT2D eigenvalue weighted by Crippen LogP contribution is 2.46. The molecule has 0 aliphatic rings. The van der Waals surface area contributed by atoms with Crippen LogP contribution in [0.4, 0.5) is 30.7 Å². The Bertz CT molecular complexity index is 273. The molecule has 0 fully saturated rings. The lowest BCUT2D eigenvalue weighted by Crippen LogP contribution is -2.56. The normalized spacial score (nSPS) is 13.6. The summed E-state index contributed by atoms with van der Waals surface area (Å²) in [5.41, 5.74) is 0. The Morgan fingerprint density at radius 2 is 1.53 bits per heavy atom. The second-order valence-corrected chi connectivity index (χ2v) is 2.86. The minimum absolute atomic E-state index is 0.362. The molecule has 10 heteroatoms. The Morgan fingerprint density at radius 3 is 1.88 bits per heavy atom. The van der Waals surface area contributed by atoms with E-state index in [0.717, 1.165) is 0 Å². The van der Waals surface area contributed by atoms with E-state index in [9.17, 15) is 35.5 Å². The van der Waals surface area contributed by atoms with Gasteiger partial charge in [0.15, 0.2) is 0 Å². The lowest BCUT2D eigenvalue weighted by molar-refractivity contribution is -0.348. The molecule has 0 radical (unpaired) electrons. The van der Waals surface area contributed by atoms with Crippen molar-refractivity contribution in [3.63, 3.8) is 0 Å². The summed E-state index contributed by atoms with van der Waals surface area (Å²) >= 11 is 0. The fourth-order valence-corrected chi connectivity index (χ4v) is 0.626. The molecule has 3 nitrogen and oxygen atoms in total. The van der Waals surface area contributed by atoms with Crippen LogP contribution < -0.4 is 0 Å². The Balaban J connectivity index is 4.82. The van der Waals surface area contributed by atoms with Gasteiger partial charge in [0.2, 0.25) is 0 Å². The SMILES string of the molecule is O=C(OCCCO)C(F)(F)C(F)(F)C(F)(F)F. The van der Waals surface area contributed by atoms with Crippen molar-refractivity contribution in [1.82, 2.24) is 0 Å². The number of aliphatic hydroxyl groups excluding tert-OH is 1. The monoisotopic (exact) mass is 272 g/mol. The van der Waals surface area contributed by atoms with Gasteiger partial charge in [-0.25, -0.2) is 4.79 Å². The van der Waals surface area contributed by atoms with E-state index in [2.05, 4.69) is 4.74 Å². The van der Waals surface area contributed by atoms with Crippen LogP contribution in [0.1, 0.15) is 6.42 Å². The van der Waals surface area contributed by atoms with E-state index in [1.54, 1.807) is 0 Å². The van der Waals surface area contributed by atoms with Crippen LogP contribution in [0.5, 0.6) is 0 Å². The molecule has 0 spiro atoms. The maximum absolute atomic E-state index is 12.5. The van der Waals surface area contributed by atoms with Crippen LogP contribution in [0.3, 0.4) is 0 Å². The van der Waals surface area contributed by atoms with Crippen LogP contribution in [0.2, 0.25) is 0 Å². The van der Waals surface area contributed by atoms with Gasteiger partial charge in [0.1, 0.15) is 0 Å². The molecule has 0 aliphatic carbocycles. The highest BCUT2D eigenvalue weighted by Gasteiger charge is 2.77. The summed E-state index contributed by atoms with van der Waals surface area (Å²) in [6.45, 7) is -1.49. The summed E-state index contributed by atoms with van der Waals surface area (Å²) in [5, 5.41) is 8.16. The van der Waals surface area contributed by atoms with Gasteiger partial charge in [-0.05, 0) is 0 Å². The number of carbonyl (C=O) groups excluding carboxylic acids is 1. The van der Waals surface area contributed by atoms with Crippen molar-refractivity contribution in [1.29, 1.82) is 0 Å². The number of halogens is 7. The predicted octanol–water partition coefficient (Wildman–Crippen LogP) is 1.74. The van der Waals surface area contributed by atoms with Gasteiger partial charge in [0.05, 0.1) is 6.61 Å². The van der Waals surface area contributed by atoms with Gasteiger partial charge >= 0.3 is 24.0 Å². The fraction of sp³-hybridized carbons (Fsp3) is 0.857. The van der Waals surface area contributed by atoms with Gasteiger partial charge in [-0.2, -0.15) is 30.7 Å². The number of carbonyl (C=O) groups is 1. The second-order valence-electron chi connectivity index (χ2n) is 2.86. The molecule has 0 amide bonds. The first-order chi connectivity index (χ1) is 7.48. The van der Waals surface area contributed by atoms with E-state index in [1.807, 2.05) is 0 Å². The summed E-state index contributed by atoms with van der Waals surface area (Å²) in [5.74, 6) is -15.5. The molecule has 17 heavy (non-hydrogen) atoms. The molecule has 0 rings (SSSR count). The molecule has 0 aromatic rings. The average Bonchev–Trinajstić information content (AvgIpc) is 2.15. The van der Waals surface area contributed by atoms with Crippen molar-refractivity contribution < 1.29 is 45.4 Å². The number of ether oxygens (including phenoxy) is 1. The maximum Gasteiger partial charge on any atom is 0.460 e. The van der Waals surface area contributed by atoms with E-state index in [-0.39, 0.29) is 6.42 Å². The van der Waals surface area contributed by atoms with Crippen LogP contribution in [0, 0.1) is 0 Å². The van der Waals surface area contributed by atoms with Crippen molar-refractivity contribution in [2.75, 3.05) is 13.2 Å². The van der Waals surface area contributed by atoms with Gasteiger partial charge in [0, 0.05) is 13.0 Å². The van der Waals surface area contributed by atoms with Crippen LogP contribution in [0.25, 0.3) is 0 Å². The smallest absolute Gasteiger partial charge is 0.460 e. The first-order valence-electron chi connectivity index (χ1n) is 4.09. The molecular weight excluding hydrogens is 265 g/mol. The largest absolute Gasteiger partial charge is 0.461 e. The maximum atomic E-state index is 12.5. The molecule has 0 heterocycles. The molecule has 0 unspecified atom stereocenters. The molecule has 0 saturated carbocycles. The summed E-state index contributed by atoms with van der Waals surface area (Å²) in [7, 11) is 0. The van der Waals surface area contributed by atoms with Crippen LogP contribution in [-0.4, -0.2) is 42.3 Å². The Morgan fingerprint density at radius 1 is 1.06 bits per heavy atom. The third kappa shape index (κ3) is 3.20. The summed E-state index contributed by atoms with van der Waals surface area (Å²) in [6.07, 6.45) is -6.94. The molecule has 1 N–H and O–H groups in total. The number of hydrogen-bond acceptors (Lipinski definition) is 3. The molecule has 0 saturated heterocycles. The molecule has 0 bridgehead atoms.